The average molecular weight is 262 g/mol. The van der Waals surface area contributed by atoms with Crippen LogP contribution in [0, 0.1) is 29.6 Å². The van der Waals surface area contributed by atoms with Crippen LogP contribution in [-0.2, 0) is 4.79 Å². The van der Waals surface area contributed by atoms with Crippen molar-refractivity contribution < 1.29 is 4.79 Å². The zero-order valence-corrected chi connectivity index (χ0v) is 11.7. The Morgan fingerprint density at radius 2 is 1.74 bits per heavy atom. The summed E-state index contributed by atoms with van der Waals surface area (Å²) in [4.78, 5) is 12.4. The molecule has 19 heavy (non-hydrogen) atoms. The van der Waals surface area contributed by atoms with E-state index in [1.807, 2.05) is 0 Å². The van der Waals surface area contributed by atoms with E-state index >= 15 is 0 Å². The maximum Gasteiger partial charge on any atom is 0.223 e. The Morgan fingerprint density at radius 1 is 1.11 bits per heavy atom. The lowest BCUT2D eigenvalue weighted by Crippen LogP contribution is -2.51. The minimum absolute atomic E-state index is 0.114. The minimum Gasteiger partial charge on any atom is -0.354 e. The van der Waals surface area contributed by atoms with Crippen LogP contribution in [0.2, 0.25) is 0 Å². The van der Waals surface area contributed by atoms with Crippen molar-refractivity contribution in [1.82, 2.24) is 5.32 Å². The van der Waals surface area contributed by atoms with Crippen molar-refractivity contribution in [2.45, 2.75) is 56.9 Å². The number of carbonyl (C=O) groups is 1. The van der Waals surface area contributed by atoms with Crippen molar-refractivity contribution in [2.75, 3.05) is 6.54 Å². The number of fused-ring (bicyclic) bond motifs is 5. The zero-order chi connectivity index (χ0) is 13.0. The van der Waals surface area contributed by atoms with E-state index in [0.29, 0.717) is 18.4 Å². The van der Waals surface area contributed by atoms with Gasteiger partial charge in [0.05, 0.1) is 0 Å². The van der Waals surface area contributed by atoms with Gasteiger partial charge in [-0.15, -0.1) is 0 Å². The van der Waals surface area contributed by atoms with E-state index < -0.39 is 0 Å². The number of carbonyl (C=O) groups excluding carboxylic acids is 1. The molecule has 1 amide bonds. The van der Waals surface area contributed by atoms with Gasteiger partial charge in [-0.1, -0.05) is 19.3 Å². The fourth-order valence-electron chi connectivity index (χ4n) is 5.49. The third kappa shape index (κ3) is 1.93. The highest BCUT2D eigenvalue weighted by Crippen LogP contribution is 2.69. The molecule has 0 aliphatic heterocycles. The molecule has 4 aliphatic carbocycles. The maximum absolute atomic E-state index is 12.4. The third-order valence-electron chi connectivity index (χ3n) is 6.50. The molecule has 0 saturated heterocycles. The fourth-order valence-corrected chi connectivity index (χ4v) is 5.49. The van der Waals surface area contributed by atoms with Crippen LogP contribution < -0.4 is 11.1 Å². The molecular weight excluding hydrogens is 236 g/mol. The molecule has 3 nitrogen and oxygen atoms in total. The van der Waals surface area contributed by atoms with Crippen LogP contribution in [-0.4, -0.2) is 18.0 Å². The standard InChI is InChI=1S/C16H26N2O/c17-16(6-2-1-3-7-16)9-18-15(19)14-12-10-4-5-11(8-10)13(12)14/h10-14H,1-9,17H2,(H,18,19). The summed E-state index contributed by atoms with van der Waals surface area (Å²) in [5, 5.41) is 3.19. The monoisotopic (exact) mass is 262 g/mol. The number of rotatable bonds is 3. The number of amides is 1. The highest BCUT2D eigenvalue weighted by molar-refractivity contribution is 5.82. The summed E-state index contributed by atoms with van der Waals surface area (Å²) < 4.78 is 0. The summed E-state index contributed by atoms with van der Waals surface area (Å²) in [7, 11) is 0. The Bertz CT molecular complexity index is 372. The second kappa shape index (κ2) is 4.21. The molecule has 4 rings (SSSR count). The van der Waals surface area contributed by atoms with Crippen molar-refractivity contribution in [1.29, 1.82) is 0 Å². The van der Waals surface area contributed by atoms with E-state index in [1.165, 1.54) is 38.5 Å². The molecule has 0 spiro atoms. The van der Waals surface area contributed by atoms with Gasteiger partial charge in [0.1, 0.15) is 0 Å². The molecule has 3 heteroatoms. The van der Waals surface area contributed by atoms with Gasteiger partial charge >= 0.3 is 0 Å². The Labute approximate surface area is 115 Å². The Hall–Kier alpha value is -0.570. The SMILES string of the molecule is NC1(CNC(=O)C2C3C4CCC(C4)C23)CCCCC1. The highest BCUT2D eigenvalue weighted by Gasteiger charge is 2.67. The first-order valence-electron chi connectivity index (χ1n) is 8.25. The van der Waals surface area contributed by atoms with Crippen LogP contribution in [0.25, 0.3) is 0 Å². The van der Waals surface area contributed by atoms with Gasteiger partial charge in [0, 0.05) is 18.0 Å². The number of nitrogens with two attached hydrogens (primary N) is 1. The van der Waals surface area contributed by atoms with Crippen molar-refractivity contribution >= 4 is 5.91 Å². The van der Waals surface area contributed by atoms with E-state index in [0.717, 1.165) is 36.5 Å². The van der Waals surface area contributed by atoms with Crippen LogP contribution >= 0.6 is 0 Å². The molecule has 2 bridgehead atoms. The second-order valence-corrected chi connectivity index (χ2v) is 7.65. The van der Waals surface area contributed by atoms with Crippen LogP contribution in [0.15, 0.2) is 0 Å². The third-order valence-corrected chi connectivity index (χ3v) is 6.50. The lowest BCUT2D eigenvalue weighted by atomic mass is 9.82. The minimum atomic E-state index is -0.114. The molecule has 0 aromatic heterocycles. The summed E-state index contributed by atoms with van der Waals surface area (Å²) in [6.07, 6.45) is 10.1. The van der Waals surface area contributed by atoms with Crippen LogP contribution in [0.1, 0.15) is 51.4 Å². The zero-order valence-electron chi connectivity index (χ0n) is 11.7. The van der Waals surface area contributed by atoms with Crippen molar-refractivity contribution in [3.63, 3.8) is 0 Å². The van der Waals surface area contributed by atoms with E-state index in [2.05, 4.69) is 5.32 Å². The number of hydrogen-bond acceptors (Lipinski definition) is 2. The topological polar surface area (TPSA) is 55.1 Å². The largest absolute Gasteiger partial charge is 0.354 e. The normalized spacial score (nSPS) is 45.8. The second-order valence-electron chi connectivity index (χ2n) is 7.65. The lowest BCUT2D eigenvalue weighted by molar-refractivity contribution is -0.123. The van der Waals surface area contributed by atoms with Gasteiger partial charge in [-0.2, -0.15) is 0 Å². The van der Waals surface area contributed by atoms with Gasteiger partial charge in [0.15, 0.2) is 0 Å². The van der Waals surface area contributed by atoms with Crippen molar-refractivity contribution in [3.8, 4) is 0 Å². The molecule has 0 radical (unpaired) electrons. The van der Waals surface area contributed by atoms with Crippen molar-refractivity contribution in [2.24, 2.45) is 35.3 Å². The molecule has 0 aromatic rings. The van der Waals surface area contributed by atoms with Gasteiger partial charge in [0.25, 0.3) is 0 Å². The van der Waals surface area contributed by atoms with E-state index in [-0.39, 0.29) is 5.54 Å². The smallest absolute Gasteiger partial charge is 0.223 e. The Balaban J connectivity index is 1.31. The quantitative estimate of drug-likeness (QED) is 0.818. The van der Waals surface area contributed by atoms with Gasteiger partial charge < -0.3 is 11.1 Å². The molecule has 3 N–H and O–H groups in total. The van der Waals surface area contributed by atoms with Gasteiger partial charge in [-0.05, 0) is 55.8 Å². The molecule has 106 valence electrons. The molecule has 0 heterocycles. The molecule has 4 atom stereocenters. The van der Waals surface area contributed by atoms with Crippen molar-refractivity contribution in [3.05, 3.63) is 0 Å². The predicted octanol–water partition coefficient (Wildman–Crippen LogP) is 2.06. The molecule has 4 saturated carbocycles. The van der Waals surface area contributed by atoms with Crippen LogP contribution in [0.5, 0.6) is 0 Å². The number of nitrogens with one attached hydrogen (secondary N) is 1. The first-order valence-corrected chi connectivity index (χ1v) is 8.25. The van der Waals surface area contributed by atoms with Crippen LogP contribution in [0.4, 0.5) is 0 Å². The first kappa shape index (κ1) is 12.2. The fraction of sp³-hybridized carbons (Fsp3) is 0.938. The van der Waals surface area contributed by atoms with Gasteiger partial charge in [0.2, 0.25) is 5.91 Å². The van der Waals surface area contributed by atoms with E-state index in [1.54, 1.807) is 0 Å². The molecular formula is C16H26N2O. The van der Waals surface area contributed by atoms with Gasteiger partial charge in [-0.25, -0.2) is 0 Å². The summed E-state index contributed by atoms with van der Waals surface area (Å²) in [5.74, 6) is 3.94. The Kier molecular flexibility index (Phi) is 2.70. The molecule has 4 fully saturated rings. The predicted molar refractivity (Wildman–Crippen MR) is 74.3 cm³/mol. The van der Waals surface area contributed by atoms with Crippen LogP contribution in [0.3, 0.4) is 0 Å². The molecule has 0 aromatic carbocycles. The lowest BCUT2D eigenvalue weighted by Gasteiger charge is -2.33. The van der Waals surface area contributed by atoms with Gasteiger partial charge in [-0.3, -0.25) is 4.79 Å². The van der Waals surface area contributed by atoms with E-state index in [9.17, 15) is 4.79 Å². The average Bonchev–Trinajstić information content (AvgIpc) is 2.85. The Morgan fingerprint density at radius 3 is 2.37 bits per heavy atom. The molecule has 4 unspecified atom stereocenters. The summed E-state index contributed by atoms with van der Waals surface area (Å²) in [6, 6.07) is 0. The summed E-state index contributed by atoms with van der Waals surface area (Å²) in [6.45, 7) is 0.705. The first-order chi connectivity index (χ1) is 9.18. The summed E-state index contributed by atoms with van der Waals surface area (Å²) in [5.41, 5.74) is 6.28. The number of hydrogen-bond donors (Lipinski definition) is 2. The summed E-state index contributed by atoms with van der Waals surface area (Å²) >= 11 is 0. The molecule has 4 aliphatic rings. The highest BCUT2D eigenvalue weighted by atomic mass is 16.2. The maximum atomic E-state index is 12.4. The van der Waals surface area contributed by atoms with E-state index in [4.69, 9.17) is 5.73 Å².